The summed E-state index contributed by atoms with van der Waals surface area (Å²) < 4.78 is 7.04. The van der Waals surface area contributed by atoms with E-state index in [4.69, 9.17) is 4.74 Å². The van der Waals surface area contributed by atoms with Crippen LogP contribution in [0, 0.1) is 17.8 Å². The molecule has 4 aliphatic rings. The van der Waals surface area contributed by atoms with Gasteiger partial charge in [-0.25, -0.2) is 0 Å². The number of aliphatic hydroxyl groups excluding tert-OH is 1. The molecule has 1 aromatic rings. The van der Waals surface area contributed by atoms with Gasteiger partial charge in [0.1, 0.15) is 11.6 Å². The minimum Gasteiger partial charge on any atom is -0.394 e. The van der Waals surface area contributed by atoms with Crippen molar-refractivity contribution in [3.8, 4) is 0 Å². The molecule has 1 N–H and O–H groups in total. The Morgan fingerprint density at radius 3 is 2.35 bits per heavy atom. The van der Waals surface area contributed by atoms with Gasteiger partial charge in [0.2, 0.25) is 17.7 Å². The molecule has 1 spiro atoms. The number of likely N-dealkylation sites (tertiary alicyclic amines) is 1. The number of nitrogens with zero attached hydrogens (tertiary/aromatic N) is 3. The van der Waals surface area contributed by atoms with E-state index >= 15 is 0 Å². The fourth-order valence-electron chi connectivity index (χ4n) is 7.35. The number of unbranched alkanes of at least 4 members (excludes halogenated alkanes) is 1. The Bertz CT molecular complexity index is 1180. The Morgan fingerprint density at radius 2 is 1.70 bits per heavy atom. The van der Waals surface area contributed by atoms with Gasteiger partial charge in [0, 0.05) is 25.3 Å². The van der Waals surface area contributed by atoms with Crippen LogP contribution in [0.4, 0.5) is 5.69 Å². The number of aliphatic hydroxyl groups is 1. The summed E-state index contributed by atoms with van der Waals surface area (Å²) in [7, 11) is 0. The zero-order valence-electron chi connectivity index (χ0n) is 24.2. The first-order valence-electron chi connectivity index (χ1n) is 14.9. The number of carbonyl (C=O) groups excluding carboxylic acids is 3. The quantitative estimate of drug-likeness (QED) is 0.476. The average molecular weight is 550 g/mol. The highest BCUT2D eigenvalue weighted by atomic mass is 16.5. The Balaban J connectivity index is 1.67. The van der Waals surface area contributed by atoms with Crippen molar-refractivity contribution in [1.82, 2.24) is 9.80 Å². The van der Waals surface area contributed by atoms with E-state index < -0.39 is 35.1 Å². The van der Waals surface area contributed by atoms with Crippen molar-refractivity contribution in [2.45, 2.75) is 76.7 Å². The largest absolute Gasteiger partial charge is 0.394 e. The predicted octanol–water partition coefficient (Wildman–Crippen LogP) is 3.56. The highest BCUT2D eigenvalue weighted by Crippen LogP contribution is 2.59. The van der Waals surface area contributed by atoms with Crippen LogP contribution in [-0.4, -0.2) is 82.2 Å². The van der Waals surface area contributed by atoms with Crippen molar-refractivity contribution in [2.24, 2.45) is 17.8 Å². The molecular weight excluding hydrogens is 506 g/mol. The van der Waals surface area contributed by atoms with Crippen LogP contribution >= 0.6 is 0 Å². The Labute approximate surface area is 237 Å². The lowest BCUT2D eigenvalue weighted by Crippen LogP contribution is -2.59. The molecule has 216 valence electrons. The summed E-state index contributed by atoms with van der Waals surface area (Å²) in [5.41, 5.74) is -1.57. The molecule has 0 bridgehead atoms. The number of hydrogen-bond acceptors (Lipinski definition) is 5. The van der Waals surface area contributed by atoms with E-state index in [1.165, 1.54) is 0 Å². The summed E-state index contributed by atoms with van der Waals surface area (Å²) in [5.74, 6) is -2.12. The van der Waals surface area contributed by atoms with Crippen LogP contribution in [0.5, 0.6) is 0 Å². The number of carbonyl (C=O) groups is 3. The molecule has 6 atom stereocenters. The molecule has 1 unspecified atom stereocenters. The predicted molar refractivity (Wildman–Crippen MR) is 153 cm³/mol. The van der Waals surface area contributed by atoms with Gasteiger partial charge in [0.25, 0.3) is 0 Å². The second-order valence-electron chi connectivity index (χ2n) is 12.1. The van der Waals surface area contributed by atoms with E-state index in [1.807, 2.05) is 75.4 Å². The molecule has 2 saturated heterocycles. The normalized spacial score (nSPS) is 32.3. The van der Waals surface area contributed by atoms with Crippen molar-refractivity contribution >= 4 is 23.4 Å². The Kier molecular flexibility index (Phi) is 7.94. The summed E-state index contributed by atoms with van der Waals surface area (Å²) in [5, 5.41) is 10.5. The number of benzene rings is 1. The number of fused-ring (bicyclic) bond motifs is 2. The maximum atomic E-state index is 14.7. The van der Waals surface area contributed by atoms with Gasteiger partial charge in [-0.15, -0.1) is 0 Å². The first kappa shape index (κ1) is 28.6. The van der Waals surface area contributed by atoms with Gasteiger partial charge in [-0.2, -0.15) is 0 Å². The van der Waals surface area contributed by atoms with Gasteiger partial charge in [-0.05, 0) is 37.3 Å². The van der Waals surface area contributed by atoms with E-state index in [-0.39, 0.29) is 30.2 Å². The highest BCUT2D eigenvalue weighted by Gasteiger charge is 2.75. The third-order valence-corrected chi connectivity index (χ3v) is 9.16. The van der Waals surface area contributed by atoms with Crippen molar-refractivity contribution in [1.29, 1.82) is 0 Å². The van der Waals surface area contributed by atoms with Crippen LogP contribution in [0.3, 0.4) is 0 Å². The third-order valence-electron chi connectivity index (χ3n) is 9.16. The number of rotatable bonds is 9. The minimum absolute atomic E-state index is 0.171. The van der Waals surface area contributed by atoms with Crippen LogP contribution in [-0.2, 0) is 19.1 Å². The van der Waals surface area contributed by atoms with E-state index in [9.17, 15) is 19.5 Å². The lowest BCUT2D eigenvalue weighted by atomic mass is 9.73. The number of hydrogen-bond donors (Lipinski definition) is 1. The summed E-state index contributed by atoms with van der Waals surface area (Å²) in [4.78, 5) is 48.7. The Hall–Kier alpha value is -2.97. The van der Waals surface area contributed by atoms with Gasteiger partial charge >= 0.3 is 0 Å². The third kappa shape index (κ3) is 4.40. The standard InChI is InChI=1S/C32H43N3O5/c1-5-7-17-33-18-12-16-32-26(29(38)35(27(32)30(33)39)24(21-36)20-22(3)4)25-28(37)34(23-13-9-8-10-14-23)19-11-15-31(25,6-2)40-32/h8-16,22,24-27,36H,5-7,17-21H2,1-4H3/t24-,25+,26+,27?,31-,32+/m1/s1. The lowest BCUT2D eigenvalue weighted by molar-refractivity contribution is -0.155. The molecule has 2 fully saturated rings. The van der Waals surface area contributed by atoms with Gasteiger partial charge < -0.3 is 24.5 Å². The molecule has 0 aromatic heterocycles. The zero-order valence-corrected chi connectivity index (χ0v) is 24.2. The molecule has 40 heavy (non-hydrogen) atoms. The van der Waals surface area contributed by atoms with Gasteiger partial charge in [-0.3, -0.25) is 14.4 Å². The van der Waals surface area contributed by atoms with Gasteiger partial charge in [0.05, 0.1) is 30.1 Å². The molecule has 8 heteroatoms. The van der Waals surface area contributed by atoms with Crippen molar-refractivity contribution in [3.63, 3.8) is 0 Å². The van der Waals surface area contributed by atoms with Crippen LogP contribution in [0.1, 0.15) is 53.4 Å². The molecule has 3 amide bonds. The van der Waals surface area contributed by atoms with Crippen molar-refractivity contribution in [3.05, 3.63) is 54.6 Å². The summed E-state index contributed by atoms with van der Waals surface area (Å²) in [6, 6.07) is 7.99. The molecular formula is C32H43N3O5. The smallest absolute Gasteiger partial charge is 0.249 e. The van der Waals surface area contributed by atoms with E-state index in [2.05, 4.69) is 6.92 Å². The fourth-order valence-corrected chi connectivity index (χ4v) is 7.35. The maximum Gasteiger partial charge on any atom is 0.249 e. The van der Waals surface area contributed by atoms with Crippen LogP contribution in [0.15, 0.2) is 54.6 Å². The number of anilines is 1. The Morgan fingerprint density at radius 1 is 0.975 bits per heavy atom. The van der Waals surface area contributed by atoms with Crippen LogP contribution < -0.4 is 4.90 Å². The minimum atomic E-state index is -1.31. The lowest BCUT2D eigenvalue weighted by Gasteiger charge is -2.41. The summed E-state index contributed by atoms with van der Waals surface area (Å²) in [6.45, 7) is 9.25. The first-order chi connectivity index (χ1) is 19.2. The first-order valence-corrected chi connectivity index (χ1v) is 14.9. The molecule has 4 heterocycles. The zero-order chi connectivity index (χ0) is 28.7. The van der Waals surface area contributed by atoms with Gasteiger partial charge in [-0.1, -0.05) is 76.6 Å². The monoisotopic (exact) mass is 549 g/mol. The molecule has 0 radical (unpaired) electrons. The second-order valence-corrected chi connectivity index (χ2v) is 12.1. The molecule has 5 rings (SSSR count). The molecule has 4 aliphatic heterocycles. The van der Waals surface area contributed by atoms with E-state index in [0.29, 0.717) is 32.5 Å². The van der Waals surface area contributed by atoms with Crippen LogP contribution in [0.2, 0.25) is 0 Å². The van der Waals surface area contributed by atoms with Crippen LogP contribution in [0.25, 0.3) is 0 Å². The highest BCUT2D eigenvalue weighted by molar-refractivity contribution is 6.04. The SMILES string of the molecule is CCCCN1CC=C[C@]23O[C@]4(CC)C=CCN(c5ccccc5)C(=O)[C@@H]4[C@H]2C(=O)N([C@@H](CO)CC(C)C)C3C1=O. The van der Waals surface area contributed by atoms with E-state index in [1.54, 1.807) is 14.7 Å². The van der Waals surface area contributed by atoms with Gasteiger partial charge in [0.15, 0.2) is 0 Å². The second kappa shape index (κ2) is 11.1. The number of ether oxygens (including phenoxy) is 1. The summed E-state index contributed by atoms with van der Waals surface area (Å²) in [6.07, 6.45) is 10.6. The number of amides is 3. The average Bonchev–Trinajstić information content (AvgIpc) is 3.25. The van der Waals surface area contributed by atoms with Crippen molar-refractivity contribution in [2.75, 3.05) is 31.1 Å². The maximum absolute atomic E-state index is 14.7. The fraction of sp³-hybridized carbons (Fsp3) is 0.594. The molecule has 8 nitrogen and oxygen atoms in total. The van der Waals surface area contributed by atoms with E-state index in [0.717, 1.165) is 18.5 Å². The van der Waals surface area contributed by atoms with Crippen molar-refractivity contribution < 1.29 is 24.2 Å². The molecule has 0 saturated carbocycles. The number of para-hydroxylation sites is 1. The molecule has 0 aliphatic carbocycles. The topological polar surface area (TPSA) is 90.4 Å². The molecule has 1 aromatic carbocycles. The summed E-state index contributed by atoms with van der Waals surface area (Å²) >= 11 is 0.